The lowest BCUT2D eigenvalue weighted by Gasteiger charge is -2.35. The number of hydrogen-bond donors (Lipinski definition) is 2. The Hall–Kier alpha value is -1.93. The van der Waals surface area contributed by atoms with E-state index in [1.54, 1.807) is 18.3 Å². The number of piperazine rings is 1. The van der Waals surface area contributed by atoms with E-state index in [0.29, 0.717) is 18.9 Å². The summed E-state index contributed by atoms with van der Waals surface area (Å²) in [4.78, 5) is 27.3. The number of fused-ring (bicyclic) bond motifs is 1. The number of aliphatic hydroxyl groups excluding tert-OH is 1. The van der Waals surface area contributed by atoms with Crippen molar-refractivity contribution in [1.29, 1.82) is 0 Å². The third-order valence-corrected chi connectivity index (χ3v) is 5.59. The predicted molar refractivity (Wildman–Crippen MR) is 101 cm³/mol. The van der Waals surface area contributed by atoms with Gasteiger partial charge >= 0.3 is 0 Å². The van der Waals surface area contributed by atoms with Gasteiger partial charge in [0.15, 0.2) is 0 Å². The average molecular weight is 363 g/mol. The SMILES string of the molecule is CCc1cc2c(N3CCN(C(C)=O)CC3)nc(NCCCO)nc2s1. The van der Waals surface area contributed by atoms with E-state index in [1.807, 2.05) is 4.90 Å². The van der Waals surface area contributed by atoms with Gasteiger partial charge in [-0.25, -0.2) is 4.98 Å². The molecule has 2 N–H and O–H groups in total. The first kappa shape index (κ1) is 17.9. The van der Waals surface area contributed by atoms with Crippen molar-refractivity contribution in [2.45, 2.75) is 26.7 Å². The first-order chi connectivity index (χ1) is 12.1. The van der Waals surface area contributed by atoms with Crippen LogP contribution in [0, 0.1) is 0 Å². The summed E-state index contributed by atoms with van der Waals surface area (Å²) in [5, 5.41) is 13.3. The molecule has 0 saturated carbocycles. The second-order valence-electron chi connectivity index (χ2n) is 6.15. The molecular formula is C17H25N5O2S. The molecule has 25 heavy (non-hydrogen) atoms. The number of aryl methyl sites for hydroxylation is 1. The van der Waals surface area contributed by atoms with Crippen molar-refractivity contribution in [2.75, 3.05) is 49.5 Å². The summed E-state index contributed by atoms with van der Waals surface area (Å²) in [7, 11) is 0. The molecule has 0 bridgehead atoms. The fourth-order valence-electron chi connectivity index (χ4n) is 2.96. The molecule has 2 aromatic rings. The number of carbonyl (C=O) groups is 1. The Bertz CT molecular complexity index is 740. The van der Waals surface area contributed by atoms with Crippen LogP contribution in [0.5, 0.6) is 0 Å². The van der Waals surface area contributed by atoms with Gasteiger partial charge in [-0.05, 0) is 18.9 Å². The number of aromatic nitrogens is 2. The van der Waals surface area contributed by atoms with Gasteiger partial charge in [-0.15, -0.1) is 11.3 Å². The molecule has 2 aromatic heterocycles. The molecule has 1 fully saturated rings. The molecule has 3 heterocycles. The lowest BCUT2D eigenvalue weighted by atomic mass is 10.2. The second kappa shape index (κ2) is 7.97. The summed E-state index contributed by atoms with van der Waals surface area (Å²) in [6.45, 7) is 7.55. The minimum Gasteiger partial charge on any atom is -0.396 e. The topological polar surface area (TPSA) is 81.6 Å². The van der Waals surface area contributed by atoms with Gasteiger partial charge in [-0.1, -0.05) is 6.92 Å². The number of thiophene rings is 1. The highest BCUT2D eigenvalue weighted by molar-refractivity contribution is 7.18. The molecule has 1 aliphatic rings. The van der Waals surface area contributed by atoms with Gasteiger partial charge in [0.1, 0.15) is 10.6 Å². The van der Waals surface area contributed by atoms with Gasteiger partial charge in [-0.2, -0.15) is 4.98 Å². The van der Waals surface area contributed by atoms with E-state index in [1.165, 1.54) is 4.88 Å². The molecule has 1 aliphatic heterocycles. The van der Waals surface area contributed by atoms with Crippen LogP contribution in [0.25, 0.3) is 10.2 Å². The number of nitrogens with zero attached hydrogens (tertiary/aromatic N) is 4. The molecule has 1 amide bonds. The number of carbonyl (C=O) groups excluding carboxylic acids is 1. The van der Waals surface area contributed by atoms with Crippen LogP contribution in [0.2, 0.25) is 0 Å². The zero-order valence-electron chi connectivity index (χ0n) is 14.8. The molecule has 0 aliphatic carbocycles. The molecule has 136 valence electrons. The van der Waals surface area contributed by atoms with Gasteiger partial charge < -0.3 is 20.2 Å². The van der Waals surface area contributed by atoms with Crippen molar-refractivity contribution < 1.29 is 9.90 Å². The van der Waals surface area contributed by atoms with Gasteiger partial charge in [0.25, 0.3) is 0 Å². The van der Waals surface area contributed by atoms with Gasteiger partial charge in [0.05, 0.1) is 5.39 Å². The van der Waals surface area contributed by atoms with Crippen LogP contribution in [-0.4, -0.2) is 65.2 Å². The smallest absolute Gasteiger partial charge is 0.226 e. The molecule has 0 spiro atoms. The van der Waals surface area contributed by atoms with Crippen LogP contribution in [0.4, 0.5) is 11.8 Å². The standard InChI is InChI=1S/C17H25N5O2S/c1-3-13-11-14-15(22-8-6-21(7-9-22)12(2)24)19-17(18-5-4-10-23)20-16(14)25-13/h11,23H,3-10H2,1-2H3,(H,18,19,20). The van der Waals surface area contributed by atoms with E-state index in [4.69, 9.17) is 10.1 Å². The maximum Gasteiger partial charge on any atom is 0.226 e. The highest BCUT2D eigenvalue weighted by atomic mass is 32.1. The average Bonchev–Trinajstić information content (AvgIpc) is 3.04. The summed E-state index contributed by atoms with van der Waals surface area (Å²) in [6, 6.07) is 2.18. The van der Waals surface area contributed by atoms with Crippen LogP contribution in [0.3, 0.4) is 0 Å². The van der Waals surface area contributed by atoms with E-state index >= 15 is 0 Å². The van der Waals surface area contributed by atoms with Crippen molar-refractivity contribution in [3.63, 3.8) is 0 Å². The van der Waals surface area contributed by atoms with Crippen molar-refractivity contribution in [3.8, 4) is 0 Å². The largest absolute Gasteiger partial charge is 0.396 e. The van der Waals surface area contributed by atoms with Crippen LogP contribution in [0.1, 0.15) is 25.1 Å². The normalized spacial score (nSPS) is 15.0. The summed E-state index contributed by atoms with van der Waals surface area (Å²) < 4.78 is 0. The Morgan fingerprint density at radius 3 is 2.72 bits per heavy atom. The molecule has 0 radical (unpaired) electrons. The van der Waals surface area contributed by atoms with Crippen molar-refractivity contribution >= 4 is 39.2 Å². The zero-order chi connectivity index (χ0) is 17.8. The third-order valence-electron chi connectivity index (χ3n) is 4.41. The maximum atomic E-state index is 11.6. The number of amides is 1. The fourth-order valence-corrected chi connectivity index (χ4v) is 3.92. The molecule has 3 rings (SSSR count). The zero-order valence-corrected chi connectivity index (χ0v) is 15.6. The first-order valence-electron chi connectivity index (χ1n) is 8.78. The van der Waals surface area contributed by atoms with Crippen molar-refractivity contribution in [1.82, 2.24) is 14.9 Å². The summed E-state index contributed by atoms with van der Waals surface area (Å²) in [6.07, 6.45) is 1.64. The minimum absolute atomic E-state index is 0.127. The minimum atomic E-state index is 0.127. The Morgan fingerprint density at radius 2 is 2.08 bits per heavy atom. The van der Waals surface area contributed by atoms with E-state index in [0.717, 1.165) is 48.6 Å². The van der Waals surface area contributed by atoms with Crippen LogP contribution in [0.15, 0.2) is 6.07 Å². The first-order valence-corrected chi connectivity index (χ1v) is 9.59. The maximum absolute atomic E-state index is 11.6. The Labute approximate surface area is 151 Å². The fraction of sp³-hybridized carbons (Fsp3) is 0.588. The van der Waals surface area contributed by atoms with Gasteiger partial charge in [0.2, 0.25) is 11.9 Å². The van der Waals surface area contributed by atoms with E-state index in [9.17, 15) is 4.79 Å². The van der Waals surface area contributed by atoms with Crippen LogP contribution >= 0.6 is 11.3 Å². The third kappa shape index (κ3) is 4.01. The lowest BCUT2D eigenvalue weighted by molar-refractivity contribution is -0.129. The predicted octanol–water partition coefficient (Wildman–Crippen LogP) is 1.72. The molecule has 8 heteroatoms. The van der Waals surface area contributed by atoms with E-state index in [2.05, 4.69) is 28.2 Å². The highest BCUT2D eigenvalue weighted by Crippen LogP contribution is 2.32. The number of aliphatic hydroxyl groups is 1. The van der Waals surface area contributed by atoms with E-state index in [-0.39, 0.29) is 12.5 Å². The lowest BCUT2D eigenvalue weighted by Crippen LogP contribution is -2.48. The number of nitrogens with one attached hydrogen (secondary N) is 1. The van der Waals surface area contributed by atoms with Gasteiger partial charge in [-0.3, -0.25) is 4.79 Å². The summed E-state index contributed by atoms with van der Waals surface area (Å²) >= 11 is 1.70. The Morgan fingerprint density at radius 1 is 1.32 bits per heavy atom. The summed E-state index contributed by atoms with van der Waals surface area (Å²) in [5.74, 6) is 1.67. The Balaban J connectivity index is 1.88. The molecule has 0 aromatic carbocycles. The Kier molecular flexibility index (Phi) is 5.70. The molecule has 0 atom stereocenters. The number of hydrogen-bond acceptors (Lipinski definition) is 7. The van der Waals surface area contributed by atoms with Gasteiger partial charge in [0, 0.05) is 51.1 Å². The number of rotatable bonds is 6. The molecular weight excluding hydrogens is 338 g/mol. The summed E-state index contributed by atoms with van der Waals surface area (Å²) in [5.41, 5.74) is 0. The second-order valence-corrected chi connectivity index (χ2v) is 7.27. The van der Waals surface area contributed by atoms with Crippen molar-refractivity contribution in [2.24, 2.45) is 0 Å². The quantitative estimate of drug-likeness (QED) is 0.761. The monoisotopic (exact) mass is 363 g/mol. The van der Waals surface area contributed by atoms with Crippen molar-refractivity contribution in [3.05, 3.63) is 10.9 Å². The highest BCUT2D eigenvalue weighted by Gasteiger charge is 2.23. The molecule has 1 saturated heterocycles. The van der Waals surface area contributed by atoms with E-state index < -0.39 is 0 Å². The van der Waals surface area contributed by atoms with Crippen LogP contribution < -0.4 is 10.2 Å². The molecule has 7 nitrogen and oxygen atoms in total. The van der Waals surface area contributed by atoms with Crippen LogP contribution in [-0.2, 0) is 11.2 Å². The number of anilines is 2. The molecule has 0 unspecified atom stereocenters.